The van der Waals surface area contributed by atoms with Crippen molar-refractivity contribution in [2.24, 2.45) is 0 Å². The molecule has 15 aromatic rings. The van der Waals surface area contributed by atoms with E-state index in [1.807, 2.05) is 84.9 Å². The number of benzene rings is 11. The van der Waals surface area contributed by atoms with Gasteiger partial charge in [0.05, 0.1) is 64.8 Å². The lowest BCUT2D eigenvalue weighted by Crippen LogP contribution is -2.74. The Morgan fingerprint density at radius 3 is 1.34 bits per heavy atom. The lowest BCUT2D eigenvalue weighted by atomic mass is 10.1. The van der Waals surface area contributed by atoms with Crippen molar-refractivity contribution in [3.8, 4) is 40.1 Å². The molecule has 0 saturated carbocycles. The van der Waals surface area contributed by atoms with Gasteiger partial charge in [-0.15, -0.1) is 0 Å². The van der Waals surface area contributed by atoms with Gasteiger partial charge in [0.1, 0.15) is 0 Å². The van der Waals surface area contributed by atoms with Crippen LogP contribution >= 0.6 is 0 Å². The van der Waals surface area contributed by atoms with Crippen LogP contribution in [-0.2, 0) is 0 Å². The molecule has 0 atom stereocenters. The van der Waals surface area contributed by atoms with Crippen molar-refractivity contribution in [1.29, 1.82) is 0 Å². The van der Waals surface area contributed by atoms with E-state index < -0.39 is 161 Å². The summed E-state index contributed by atoms with van der Waals surface area (Å²) in [5, 5.41) is 3.43. The van der Waals surface area contributed by atoms with E-state index in [-0.39, 0.29) is 11.1 Å². The molecule has 0 radical (unpaired) electrons. The van der Waals surface area contributed by atoms with Gasteiger partial charge in [0.2, 0.25) is 5.95 Å². The Bertz CT molecular complexity index is 5650. The zero-order chi connectivity index (χ0) is 66.7. The fourth-order valence-corrected chi connectivity index (χ4v) is 14.8. The van der Waals surface area contributed by atoms with Gasteiger partial charge in [-0.1, -0.05) is 236 Å². The summed E-state index contributed by atoms with van der Waals surface area (Å²) in [5.74, 6) is -1.41. The third-order valence-corrected chi connectivity index (χ3v) is 18.3. The highest BCUT2D eigenvalue weighted by Gasteiger charge is 2.41. The lowest BCUT2D eigenvalue weighted by Gasteiger charge is -2.34. The Balaban J connectivity index is 1.06. The van der Waals surface area contributed by atoms with Crippen molar-refractivity contribution >= 4 is 94.2 Å². The van der Waals surface area contributed by atoms with Crippen molar-refractivity contribution in [3.05, 3.63) is 279 Å². The molecule has 76 heavy (non-hydrogen) atoms. The molecular formula is C69H46N6Si. The number of hydrogen-bond acceptors (Lipinski definition) is 3. The minimum absolute atomic E-state index is 0.0371. The summed E-state index contributed by atoms with van der Waals surface area (Å²) in [7, 11) is -5.44. The molecule has 0 aliphatic carbocycles. The van der Waals surface area contributed by atoms with Crippen molar-refractivity contribution in [2.75, 3.05) is 0 Å². The average molecular weight is 1010 g/mol. The SMILES string of the molecule is [2H]c1c([2H])c([2H])c(-c2nc(-c3c([2H])c([2H])c([Si](c4ccccc4)(c4c([2H])c([2H])c([2H])c([2H])c4[2H])c4c([2H])c([2H])c([2H])c([2H])c4[2H])c([2H])c3[2H])nc(-n3c4ccccc4c4cccc(-n5c6ccccc6c6ccc(-n7c8ccccc8c8ccccc87)cc65)c43)n2)c([2H])c1[2H]. The average Bonchev–Trinajstić information content (AvgIpc) is 1.43. The first-order valence-corrected chi connectivity index (χ1v) is 26.3. The van der Waals surface area contributed by atoms with Gasteiger partial charge >= 0.3 is 0 Å². The maximum absolute atomic E-state index is 10.3. The lowest BCUT2D eigenvalue weighted by molar-refractivity contribution is 0.950. The highest BCUT2D eigenvalue weighted by atomic mass is 28.3. The first-order chi connectivity index (χ1) is 45.6. The third-order valence-electron chi connectivity index (χ3n) is 14.1. The van der Waals surface area contributed by atoms with E-state index in [2.05, 4.69) is 51.6 Å². The standard InChI is InChI=1S/C69H46N6Si/c1-5-22-47(23-6-1)67-70-68(48-40-43-53(44-41-48)76(50-24-7-2-8-25-50,51-26-9-3-10-27-51)52-28-11-4-12-29-52)72-69(71-67)75-63-38-20-16-33-57(63)59-34-21-39-64(66(59)75)74-62-37-19-15-32-56(62)58-45-42-49(46-65(58)74)73-60-35-17-13-30-54(60)55-31-14-18-36-61(55)73/h1-46H/i1D,2D,3D,5D,6D,7D,8D,9D,10D,22D,23D,24D,25D,26D,27D,40D,41D,43D,44D. The highest BCUT2D eigenvalue weighted by molar-refractivity contribution is 7.19. The number of fused-ring (bicyclic) bond motifs is 9. The summed E-state index contributed by atoms with van der Waals surface area (Å²) in [5.41, 5.74) is 4.92. The van der Waals surface area contributed by atoms with Gasteiger partial charge in [-0.3, -0.25) is 4.57 Å². The van der Waals surface area contributed by atoms with Crippen molar-refractivity contribution in [3.63, 3.8) is 0 Å². The monoisotopic (exact) mass is 1010 g/mol. The predicted octanol–water partition coefficient (Wildman–Crippen LogP) is 13.9. The molecule has 0 unspecified atom stereocenters. The minimum atomic E-state index is -5.44. The van der Waals surface area contributed by atoms with Crippen LogP contribution in [0.5, 0.6) is 0 Å². The second kappa shape index (κ2) is 17.6. The van der Waals surface area contributed by atoms with Crippen LogP contribution in [0.1, 0.15) is 26.0 Å². The summed E-state index contributed by atoms with van der Waals surface area (Å²) in [6.45, 7) is 0. The summed E-state index contributed by atoms with van der Waals surface area (Å²) >= 11 is 0. The van der Waals surface area contributed by atoms with E-state index >= 15 is 0 Å². The molecule has 0 bridgehead atoms. The van der Waals surface area contributed by atoms with E-state index in [0.29, 0.717) is 27.5 Å². The van der Waals surface area contributed by atoms with E-state index in [1.165, 1.54) is 24.3 Å². The fourth-order valence-electron chi connectivity index (χ4n) is 11.0. The Morgan fingerprint density at radius 1 is 0.316 bits per heavy atom. The van der Waals surface area contributed by atoms with Crippen molar-refractivity contribution < 1.29 is 26.0 Å². The quantitative estimate of drug-likeness (QED) is 0.107. The largest absolute Gasteiger partial charge is 0.309 e. The number of nitrogens with zero attached hydrogens (tertiary/aromatic N) is 6. The fraction of sp³-hybridized carbons (Fsp3) is 0. The number of aromatic nitrogens is 6. The summed E-state index contributed by atoms with van der Waals surface area (Å²) in [4.78, 5) is 14.8. The van der Waals surface area contributed by atoms with Crippen LogP contribution in [0.25, 0.3) is 106 Å². The molecular weight excluding hydrogens is 941 g/mol. The molecule has 356 valence electrons. The first kappa shape index (κ1) is 28.5. The molecule has 0 amide bonds. The van der Waals surface area contributed by atoms with Crippen molar-refractivity contribution in [1.82, 2.24) is 28.7 Å². The van der Waals surface area contributed by atoms with Gasteiger partial charge < -0.3 is 9.13 Å². The molecule has 0 spiro atoms. The zero-order valence-electron chi connectivity index (χ0n) is 58.8. The topological polar surface area (TPSA) is 53.5 Å². The van der Waals surface area contributed by atoms with Crippen LogP contribution in [-0.4, -0.2) is 36.7 Å². The summed E-state index contributed by atoms with van der Waals surface area (Å²) < 4.78 is 183. The van der Waals surface area contributed by atoms with E-state index in [0.717, 1.165) is 49.3 Å². The van der Waals surface area contributed by atoms with Gasteiger partial charge in [-0.05, 0) is 63.2 Å². The Kier molecular flexibility index (Phi) is 6.61. The highest BCUT2D eigenvalue weighted by Crippen LogP contribution is 2.41. The molecule has 15 rings (SSSR count). The van der Waals surface area contributed by atoms with Crippen LogP contribution in [0.15, 0.2) is 279 Å². The maximum atomic E-state index is 10.3. The Hall–Kier alpha value is -9.95. The summed E-state index contributed by atoms with van der Waals surface area (Å²) in [6, 6.07) is 35.1. The molecule has 4 heterocycles. The molecule has 7 heteroatoms. The second-order valence-electron chi connectivity index (χ2n) is 18.1. The van der Waals surface area contributed by atoms with Crippen molar-refractivity contribution in [2.45, 2.75) is 0 Å². The zero-order valence-corrected chi connectivity index (χ0v) is 40.8. The van der Waals surface area contributed by atoms with Gasteiger partial charge in [0, 0.05) is 49.1 Å². The van der Waals surface area contributed by atoms with Gasteiger partial charge in [0.15, 0.2) is 19.7 Å². The smallest absolute Gasteiger partial charge is 0.238 e. The van der Waals surface area contributed by atoms with Crippen LogP contribution in [0, 0.1) is 0 Å². The normalized spacial score (nSPS) is 15.4. The third kappa shape index (κ3) is 6.69. The van der Waals surface area contributed by atoms with E-state index in [1.54, 1.807) is 16.7 Å². The Labute approximate surface area is 466 Å². The van der Waals surface area contributed by atoms with Crippen LogP contribution in [0.2, 0.25) is 0 Å². The molecule has 4 aromatic heterocycles. The molecule has 0 aliphatic heterocycles. The molecule has 6 nitrogen and oxygen atoms in total. The van der Waals surface area contributed by atoms with Crippen LogP contribution in [0.3, 0.4) is 0 Å². The number of rotatable bonds is 9. The maximum Gasteiger partial charge on any atom is 0.238 e. The van der Waals surface area contributed by atoms with E-state index in [4.69, 9.17) is 27.3 Å². The number of hydrogen-bond donors (Lipinski definition) is 0. The molecule has 11 aromatic carbocycles. The van der Waals surface area contributed by atoms with Crippen LogP contribution < -0.4 is 20.7 Å². The van der Waals surface area contributed by atoms with Gasteiger partial charge in [0.25, 0.3) is 0 Å². The first-order valence-electron chi connectivity index (χ1n) is 33.8. The summed E-state index contributed by atoms with van der Waals surface area (Å²) in [6.07, 6.45) is 0. The minimum Gasteiger partial charge on any atom is -0.309 e. The molecule has 0 saturated heterocycles. The predicted molar refractivity (Wildman–Crippen MR) is 317 cm³/mol. The van der Waals surface area contributed by atoms with E-state index in [9.17, 15) is 13.7 Å². The molecule has 0 N–H and O–H groups in total. The van der Waals surface area contributed by atoms with Crippen LogP contribution in [0.4, 0.5) is 0 Å². The Morgan fingerprint density at radius 2 is 0.763 bits per heavy atom. The van der Waals surface area contributed by atoms with Gasteiger partial charge in [-0.25, -0.2) is 4.98 Å². The second-order valence-corrected chi connectivity index (χ2v) is 21.7. The molecule has 0 aliphatic rings. The molecule has 0 fully saturated rings. The van der Waals surface area contributed by atoms with Gasteiger partial charge in [-0.2, -0.15) is 9.97 Å². The number of para-hydroxylation sites is 5.